The summed E-state index contributed by atoms with van der Waals surface area (Å²) in [6.45, 7) is 3.21. The monoisotopic (exact) mass is 509 g/mol. The Morgan fingerprint density at radius 2 is 1.94 bits per heavy atom. The first-order valence-corrected chi connectivity index (χ1v) is 12.8. The van der Waals surface area contributed by atoms with Crippen molar-refractivity contribution in [1.82, 2.24) is 14.5 Å². The predicted molar refractivity (Wildman–Crippen MR) is 135 cm³/mol. The molecular formula is C27H28ClN3O5. The van der Waals surface area contributed by atoms with E-state index in [9.17, 15) is 14.7 Å². The highest BCUT2D eigenvalue weighted by molar-refractivity contribution is 6.30. The molecule has 1 amide bonds. The third kappa shape index (κ3) is 4.22. The molecule has 1 N–H and O–H groups in total. The summed E-state index contributed by atoms with van der Waals surface area (Å²) in [6.07, 6.45) is 2.06. The SMILES string of the molecule is Cc1nc2cc(C3CC(O)C3)c(O[C@H]3CCN4C(=O)OC[C@@H]4C3)cc2c(=O)n1Cc1ccc(Cl)cc1. The average molecular weight is 510 g/mol. The molecule has 0 bridgehead atoms. The van der Waals surface area contributed by atoms with Crippen LogP contribution < -0.4 is 10.3 Å². The van der Waals surface area contributed by atoms with Crippen molar-refractivity contribution >= 4 is 28.6 Å². The molecule has 1 aromatic heterocycles. The quantitative estimate of drug-likeness (QED) is 0.558. The topological polar surface area (TPSA) is 93.9 Å². The molecule has 9 heteroatoms. The molecule has 2 atom stereocenters. The summed E-state index contributed by atoms with van der Waals surface area (Å²) in [4.78, 5) is 32.0. The lowest BCUT2D eigenvalue weighted by Crippen LogP contribution is -2.44. The Balaban J connectivity index is 1.36. The number of amides is 1. The Bertz CT molecular complexity index is 1380. The number of cyclic esters (lactones) is 1. The number of benzene rings is 2. The Labute approximate surface area is 213 Å². The Morgan fingerprint density at radius 3 is 2.69 bits per heavy atom. The maximum Gasteiger partial charge on any atom is 0.410 e. The zero-order chi connectivity index (χ0) is 25.0. The summed E-state index contributed by atoms with van der Waals surface area (Å²) >= 11 is 6.02. The minimum Gasteiger partial charge on any atom is -0.490 e. The van der Waals surface area contributed by atoms with Crippen molar-refractivity contribution < 1.29 is 19.4 Å². The lowest BCUT2D eigenvalue weighted by molar-refractivity contribution is 0.0689. The van der Waals surface area contributed by atoms with E-state index in [0.717, 1.165) is 11.1 Å². The van der Waals surface area contributed by atoms with Crippen LogP contribution >= 0.6 is 11.6 Å². The minimum absolute atomic E-state index is 0.0200. The van der Waals surface area contributed by atoms with Gasteiger partial charge in [-0.05, 0) is 61.1 Å². The van der Waals surface area contributed by atoms with Crippen LogP contribution in [0.1, 0.15) is 48.6 Å². The van der Waals surface area contributed by atoms with Crippen LogP contribution in [0.2, 0.25) is 5.02 Å². The molecule has 0 radical (unpaired) electrons. The van der Waals surface area contributed by atoms with Crippen molar-refractivity contribution in [1.29, 1.82) is 0 Å². The van der Waals surface area contributed by atoms with Crippen molar-refractivity contribution in [2.75, 3.05) is 13.2 Å². The summed E-state index contributed by atoms with van der Waals surface area (Å²) in [6, 6.07) is 11.2. The second kappa shape index (κ2) is 9.09. The van der Waals surface area contributed by atoms with E-state index in [1.54, 1.807) is 9.47 Å². The summed E-state index contributed by atoms with van der Waals surface area (Å²) in [5.41, 5.74) is 2.46. The fraction of sp³-hybridized carbons (Fsp3) is 0.444. The molecule has 36 heavy (non-hydrogen) atoms. The fourth-order valence-corrected chi connectivity index (χ4v) is 5.67. The van der Waals surface area contributed by atoms with Gasteiger partial charge in [-0.1, -0.05) is 23.7 Å². The third-order valence-electron chi connectivity index (χ3n) is 7.68. The van der Waals surface area contributed by atoms with Crippen molar-refractivity contribution in [2.24, 2.45) is 0 Å². The molecule has 3 aromatic rings. The number of rotatable bonds is 5. The van der Waals surface area contributed by atoms with E-state index < -0.39 is 0 Å². The van der Waals surface area contributed by atoms with Crippen LogP contribution in [0.5, 0.6) is 5.75 Å². The van der Waals surface area contributed by atoms with Crippen molar-refractivity contribution in [3.63, 3.8) is 0 Å². The van der Waals surface area contributed by atoms with Gasteiger partial charge in [0.15, 0.2) is 0 Å². The minimum atomic E-state index is -0.314. The number of carbonyl (C=O) groups is 1. The number of carbonyl (C=O) groups excluding carboxylic acids is 1. The summed E-state index contributed by atoms with van der Waals surface area (Å²) in [5, 5.41) is 11.1. The summed E-state index contributed by atoms with van der Waals surface area (Å²) < 4.78 is 13.4. The van der Waals surface area contributed by atoms with Crippen molar-refractivity contribution in [3.05, 3.63) is 68.7 Å². The number of piperidine rings is 1. The van der Waals surface area contributed by atoms with Crippen LogP contribution in [0.15, 0.2) is 41.2 Å². The van der Waals surface area contributed by atoms with Gasteiger partial charge in [0, 0.05) is 24.4 Å². The van der Waals surface area contributed by atoms with Crippen LogP contribution in [-0.2, 0) is 11.3 Å². The van der Waals surface area contributed by atoms with Crippen molar-refractivity contribution in [2.45, 2.75) is 63.3 Å². The highest BCUT2D eigenvalue weighted by Gasteiger charge is 2.39. The van der Waals surface area contributed by atoms with Gasteiger partial charge in [0.1, 0.15) is 24.3 Å². The highest BCUT2D eigenvalue weighted by Crippen LogP contribution is 2.43. The molecule has 8 nitrogen and oxygen atoms in total. The second-order valence-electron chi connectivity index (χ2n) is 10.1. The highest BCUT2D eigenvalue weighted by atomic mass is 35.5. The van der Waals surface area contributed by atoms with Gasteiger partial charge in [0.2, 0.25) is 0 Å². The molecule has 3 heterocycles. The van der Waals surface area contributed by atoms with Crippen LogP contribution in [-0.4, -0.2) is 57.1 Å². The molecule has 2 aliphatic heterocycles. The van der Waals surface area contributed by atoms with E-state index in [4.69, 9.17) is 26.1 Å². The maximum atomic E-state index is 13.6. The van der Waals surface area contributed by atoms with Gasteiger partial charge in [-0.3, -0.25) is 9.36 Å². The number of hydrogen-bond donors (Lipinski definition) is 1. The fourth-order valence-electron chi connectivity index (χ4n) is 5.55. The molecule has 188 valence electrons. The van der Waals surface area contributed by atoms with Gasteiger partial charge in [-0.15, -0.1) is 0 Å². The normalized spacial score (nSPS) is 25.4. The molecule has 3 fully saturated rings. The van der Waals surface area contributed by atoms with Gasteiger partial charge in [0.05, 0.1) is 29.6 Å². The summed E-state index contributed by atoms with van der Waals surface area (Å²) in [7, 11) is 0. The Hall–Kier alpha value is -3.10. The number of aliphatic hydroxyl groups is 1. The Morgan fingerprint density at radius 1 is 1.17 bits per heavy atom. The number of aromatic nitrogens is 2. The van der Waals surface area contributed by atoms with Gasteiger partial charge in [0.25, 0.3) is 5.56 Å². The van der Waals surface area contributed by atoms with Gasteiger partial charge < -0.3 is 19.5 Å². The average Bonchev–Trinajstić information content (AvgIpc) is 3.21. The second-order valence-corrected chi connectivity index (χ2v) is 10.5. The smallest absolute Gasteiger partial charge is 0.410 e. The predicted octanol–water partition coefficient (Wildman–Crippen LogP) is 4.01. The molecule has 2 saturated heterocycles. The Kier molecular flexibility index (Phi) is 5.88. The first-order chi connectivity index (χ1) is 17.4. The van der Waals surface area contributed by atoms with Gasteiger partial charge in [-0.25, -0.2) is 9.78 Å². The van der Waals surface area contributed by atoms with Crippen LogP contribution in [0.25, 0.3) is 10.9 Å². The zero-order valence-corrected chi connectivity index (χ0v) is 20.8. The van der Waals surface area contributed by atoms with Gasteiger partial charge in [-0.2, -0.15) is 0 Å². The number of aryl methyl sites for hydroxylation is 1. The molecule has 2 aromatic carbocycles. The van der Waals surface area contributed by atoms with E-state index in [1.807, 2.05) is 43.3 Å². The molecule has 0 spiro atoms. The zero-order valence-electron chi connectivity index (χ0n) is 20.0. The maximum absolute atomic E-state index is 13.6. The van der Waals surface area contributed by atoms with E-state index in [-0.39, 0.29) is 35.8 Å². The standard InChI is InChI=1S/C27H28ClN3O5/c1-15-29-24-11-22(17-8-20(32)9-17)25(36-21-6-7-30-19(10-21)14-35-27(30)34)12-23(24)26(33)31(15)13-16-2-4-18(28)5-3-16/h2-5,11-12,17,19-21,32H,6-10,13-14H2,1H3/t17?,19-,20?,21-/m0/s1. The van der Waals surface area contributed by atoms with Gasteiger partial charge >= 0.3 is 6.09 Å². The summed E-state index contributed by atoms with van der Waals surface area (Å²) in [5.74, 6) is 1.47. The third-order valence-corrected chi connectivity index (χ3v) is 7.93. The molecule has 3 aliphatic rings. The van der Waals surface area contributed by atoms with Crippen LogP contribution in [0, 0.1) is 6.92 Å². The molecular weight excluding hydrogens is 482 g/mol. The number of nitrogens with zero attached hydrogens (tertiary/aromatic N) is 3. The number of ether oxygens (including phenoxy) is 2. The largest absolute Gasteiger partial charge is 0.490 e. The van der Waals surface area contributed by atoms with E-state index in [0.29, 0.717) is 72.9 Å². The van der Waals surface area contributed by atoms with Crippen LogP contribution in [0.4, 0.5) is 4.79 Å². The number of fused-ring (bicyclic) bond motifs is 2. The number of halogens is 1. The van der Waals surface area contributed by atoms with E-state index in [1.165, 1.54) is 0 Å². The lowest BCUT2D eigenvalue weighted by Gasteiger charge is -2.36. The molecule has 6 rings (SSSR count). The van der Waals surface area contributed by atoms with Crippen molar-refractivity contribution in [3.8, 4) is 5.75 Å². The van der Waals surface area contributed by atoms with E-state index in [2.05, 4.69) is 0 Å². The number of aliphatic hydroxyl groups excluding tert-OH is 1. The first kappa shape index (κ1) is 23.3. The first-order valence-electron chi connectivity index (χ1n) is 12.4. The van der Waals surface area contributed by atoms with Crippen LogP contribution in [0.3, 0.4) is 0 Å². The molecule has 0 unspecified atom stereocenters. The molecule has 1 saturated carbocycles. The number of hydrogen-bond acceptors (Lipinski definition) is 6. The van der Waals surface area contributed by atoms with E-state index >= 15 is 0 Å². The lowest BCUT2D eigenvalue weighted by atomic mass is 9.77. The molecule has 1 aliphatic carbocycles.